The van der Waals surface area contributed by atoms with Crippen molar-refractivity contribution in [3.8, 4) is 11.5 Å². The number of methoxy groups -OCH3 is 1. The van der Waals surface area contributed by atoms with E-state index in [4.69, 9.17) is 14.2 Å². The average Bonchev–Trinajstić information content (AvgIpc) is 3.14. The Hall–Kier alpha value is -2.15. The number of nitro groups is 1. The van der Waals surface area contributed by atoms with Crippen LogP contribution in [0.15, 0.2) is 12.1 Å². The van der Waals surface area contributed by atoms with Crippen LogP contribution in [-0.2, 0) is 16.0 Å². The Morgan fingerprint density at radius 2 is 2.26 bits per heavy atom. The number of nitro benzene ring substituents is 1. The molecule has 0 aliphatic carbocycles. The van der Waals surface area contributed by atoms with Crippen molar-refractivity contribution in [2.24, 2.45) is 0 Å². The highest BCUT2D eigenvalue weighted by Gasteiger charge is 2.31. The monoisotopic (exact) mass is 267 g/mol. The predicted octanol–water partition coefficient (Wildman–Crippen LogP) is 1.47. The summed E-state index contributed by atoms with van der Waals surface area (Å²) in [4.78, 5) is 21.7. The number of hydrogen-bond acceptors (Lipinski definition) is 6. The maximum Gasteiger partial charge on any atom is 0.308 e. The lowest BCUT2D eigenvalue weighted by molar-refractivity contribution is -0.385. The number of carbonyl (C=O) groups excluding carboxylic acids is 1. The first-order chi connectivity index (χ1) is 9.02. The molecule has 1 aliphatic rings. The number of nitrogens with zero attached hydrogens (tertiary/aromatic N) is 1. The molecule has 1 unspecified atom stereocenters. The topological polar surface area (TPSA) is 91.2 Å². The van der Waals surface area contributed by atoms with Gasteiger partial charge in [-0.05, 0) is 6.07 Å². The summed E-state index contributed by atoms with van der Waals surface area (Å²) >= 11 is 0. The molecule has 0 saturated carbocycles. The van der Waals surface area contributed by atoms with Gasteiger partial charge in [0.2, 0.25) is 0 Å². The zero-order valence-electron chi connectivity index (χ0n) is 10.5. The van der Waals surface area contributed by atoms with Gasteiger partial charge in [0.15, 0.2) is 11.5 Å². The molecule has 7 nitrogen and oxygen atoms in total. The molecule has 7 heteroatoms. The highest BCUT2D eigenvalue weighted by molar-refractivity contribution is 5.72. The van der Waals surface area contributed by atoms with Crippen molar-refractivity contribution >= 4 is 11.7 Å². The number of carbonyl (C=O) groups is 1. The molecule has 2 rings (SSSR count). The minimum absolute atomic E-state index is 0.0693. The lowest BCUT2D eigenvalue weighted by Crippen LogP contribution is -2.09. The van der Waals surface area contributed by atoms with Gasteiger partial charge in [-0.2, -0.15) is 0 Å². The molecule has 1 saturated heterocycles. The summed E-state index contributed by atoms with van der Waals surface area (Å²) < 4.78 is 15.2. The van der Waals surface area contributed by atoms with Gasteiger partial charge in [-0.15, -0.1) is 0 Å². The van der Waals surface area contributed by atoms with Crippen LogP contribution in [0.3, 0.4) is 0 Å². The lowest BCUT2D eigenvalue weighted by atomic mass is 10.1. The summed E-state index contributed by atoms with van der Waals surface area (Å²) in [5, 5.41) is 11.0. The minimum atomic E-state index is -0.559. The van der Waals surface area contributed by atoms with Crippen molar-refractivity contribution < 1.29 is 23.9 Å². The van der Waals surface area contributed by atoms with Gasteiger partial charge < -0.3 is 14.2 Å². The van der Waals surface area contributed by atoms with Crippen molar-refractivity contribution in [3.05, 3.63) is 27.8 Å². The van der Waals surface area contributed by atoms with Crippen LogP contribution in [0, 0.1) is 10.1 Å². The number of benzene rings is 1. The maximum atomic E-state index is 11.1. The molecular formula is C12H13NO6. The first kappa shape index (κ1) is 13.3. The normalized spacial score (nSPS) is 16.8. The molecule has 0 radical (unpaired) electrons. The third-order valence-corrected chi connectivity index (χ3v) is 2.70. The van der Waals surface area contributed by atoms with Crippen LogP contribution in [0.5, 0.6) is 11.5 Å². The van der Waals surface area contributed by atoms with Crippen molar-refractivity contribution in [1.29, 1.82) is 0 Å². The Bertz CT molecular complexity index is 523. The summed E-state index contributed by atoms with van der Waals surface area (Å²) in [7, 11) is 1.41. The summed E-state index contributed by atoms with van der Waals surface area (Å²) in [5.41, 5.74) is 0.217. The molecule has 0 N–H and O–H groups in total. The summed E-state index contributed by atoms with van der Waals surface area (Å²) in [6, 6.07) is 2.75. The van der Waals surface area contributed by atoms with Crippen LogP contribution in [0.1, 0.15) is 12.5 Å². The molecule has 102 valence electrons. The molecule has 0 bridgehead atoms. The van der Waals surface area contributed by atoms with Crippen LogP contribution in [0.2, 0.25) is 0 Å². The first-order valence-electron chi connectivity index (χ1n) is 5.67. The second-order valence-corrected chi connectivity index (χ2v) is 4.10. The van der Waals surface area contributed by atoms with Crippen LogP contribution < -0.4 is 9.47 Å². The molecule has 1 aromatic rings. The molecular weight excluding hydrogens is 254 g/mol. The molecule has 0 aromatic heterocycles. The zero-order valence-corrected chi connectivity index (χ0v) is 10.5. The summed E-state index contributed by atoms with van der Waals surface area (Å²) in [6.45, 7) is 1.78. The molecule has 1 heterocycles. The molecule has 1 fully saturated rings. The van der Waals surface area contributed by atoms with Crippen LogP contribution in [0.4, 0.5) is 5.69 Å². The molecule has 1 aliphatic heterocycles. The van der Waals surface area contributed by atoms with E-state index in [1.807, 2.05) is 0 Å². The summed E-state index contributed by atoms with van der Waals surface area (Å²) in [5.74, 6) is -0.173. The number of epoxide rings is 1. The van der Waals surface area contributed by atoms with E-state index in [2.05, 4.69) is 0 Å². The van der Waals surface area contributed by atoms with Gasteiger partial charge in [0.05, 0.1) is 30.3 Å². The fourth-order valence-electron chi connectivity index (χ4n) is 1.79. The second-order valence-electron chi connectivity index (χ2n) is 4.10. The molecule has 0 spiro atoms. The van der Waals surface area contributed by atoms with E-state index >= 15 is 0 Å². The highest BCUT2D eigenvalue weighted by atomic mass is 16.6. The standard InChI is InChI=1S/C12H13NO6/c1-7(14)19-12-9(5-8-6-18-8)10(13(15)16)3-4-11(12)17-2/h3-4,8H,5-6H2,1-2H3. The van der Waals surface area contributed by atoms with E-state index in [9.17, 15) is 14.9 Å². The van der Waals surface area contributed by atoms with Gasteiger partial charge in [0.1, 0.15) is 0 Å². The minimum Gasteiger partial charge on any atom is -0.493 e. The second kappa shape index (κ2) is 5.23. The van der Waals surface area contributed by atoms with Crippen molar-refractivity contribution in [1.82, 2.24) is 0 Å². The Labute approximate surface area is 109 Å². The molecule has 1 aromatic carbocycles. The third kappa shape index (κ3) is 3.00. The quantitative estimate of drug-likeness (QED) is 0.264. The van der Waals surface area contributed by atoms with Gasteiger partial charge >= 0.3 is 5.97 Å². The Morgan fingerprint density at radius 3 is 2.74 bits per heavy atom. The van der Waals surface area contributed by atoms with Crippen LogP contribution in [-0.4, -0.2) is 30.7 Å². The third-order valence-electron chi connectivity index (χ3n) is 2.70. The van der Waals surface area contributed by atoms with Gasteiger partial charge in [0, 0.05) is 19.4 Å². The fourth-order valence-corrected chi connectivity index (χ4v) is 1.79. The van der Waals surface area contributed by atoms with Gasteiger partial charge in [-0.25, -0.2) is 0 Å². The maximum absolute atomic E-state index is 11.1. The van der Waals surface area contributed by atoms with Crippen molar-refractivity contribution in [3.63, 3.8) is 0 Å². The molecule has 0 amide bonds. The highest BCUT2D eigenvalue weighted by Crippen LogP contribution is 2.39. The van der Waals surface area contributed by atoms with E-state index in [-0.39, 0.29) is 23.3 Å². The fraction of sp³-hybridized carbons (Fsp3) is 0.417. The average molecular weight is 267 g/mol. The van der Waals surface area contributed by atoms with E-state index < -0.39 is 10.9 Å². The van der Waals surface area contributed by atoms with Crippen LogP contribution >= 0.6 is 0 Å². The Kier molecular flexibility index (Phi) is 3.66. The van der Waals surface area contributed by atoms with E-state index in [1.54, 1.807) is 0 Å². The summed E-state index contributed by atoms with van der Waals surface area (Å²) in [6.07, 6.45) is 0.246. The zero-order chi connectivity index (χ0) is 14.0. The van der Waals surface area contributed by atoms with Gasteiger partial charge in [0.25, 0.3) is 5.69 Å². The Morgan fingerprint density at radius 1 is 1.58 bits per heavy atom. The molecule has 1 atom stereocenters. The SMILES string of the molecule is COc1ccc([N+](=O)[O-])c(CC2CO2)c1OC(C)=O. The van der Waals surface area contributed by atoms with E-state index in [0.717, 1.165) is 0 Å². The number of ether oxygens (including phenoxy) is 3. The Balaban J connectivity index is 2.51. The van der Waals surface area contributed by atoms with Crippen LogP contribution in [0.25, 0.3) is 0 Å². The van der Waals surface area contributed by atoms with Gasteiger partial charge in [-0.1, -0.05) is 0 Å². The van der Waals surface area contributed by atoms with E-state index in [0.29, 0.717) is 18.6 Å². The van der Waals surface area contributed by atoms with E-state index in [1.165, 1.54) is 26.2 Å². The largest absolute Gasteiger partial charge is 0.493 e. The number of hydrogen-bond donors (Lipinski definition) is 0. The van der Waals surface area contributed by atoms with Crippen molar-refractivity contribution in [2.45, 2.75) is 19.4 Å². The molecule has 19 heavy (non-hydrogen) atoms. The van der Waals surface area contributed by atoms with Gasteiger partial charge in [-0.3, -0.25) is 14.9 Å². The predicted molar refractivity (Wildman–Crippen MR) is 64.4 cm³/mol. The number of esters is 1. The first-order valence-corrected chi connectivity index (χ1v) is 5.67. The number of rotatable bonds is 5. The smallest absolute Gasteiger partial charge is 0.308 e. The lowest BCUT2D eigenvalue weighted by Gasteiger charge is -2.12. The van der Waals surface area contributed by atoms with Crippen molar-refractivity contribution in [2.75, 3.05) is 13.7 Å².